The quantitative estimate of drug-likeness (QED) is 0.724. The van der Waals surface area contributed by atoms with Crippen molar-refractivity contribution in [2.24, 2.45) is 0 Å². The molecule has 0 saturated carbocycles. The maximum atomic E-state index is 5.64. The van der Waals surface area contributed by atoms with Crippen molar-refractivity contribution in [1.29, 1.82) is 0 Å². The SMILES string of the molecule is Cc1cccc2sc(Nc3ccc(OC(C)C)cc3)nc12. The van der Waals surface area contributed by atoms with Crippen molar-refractivity contribution in [3.63, 3.8) is 0 Å². The third-order valence-electron chi connectivity index (χ3n) is 3.10. The molecular formula is C17H18N2OS. The van der Waals surface area contributed by atoms with Gasteiger partial charge in [0.15, 0.2) is 5.13 Å². The summed E-state index contributed by atoms with van der Waals surface area (Å²) in [6.07, 6.45) is 0.191. The first-order valence-electron chi connectivity index (χ1n) is 7.02. The summed E-state index contributed by atoms with van der Waals surface area (Å²) in [5, 5.41) is 4.27. The van der Waals surface area contributed by atoms with Crippen LogP contribution in [0, 0.1) is 6.92 Å². The molecule has 3 rings (SSSR count). The van der Waals surface area contributed by atoms with Crippen LogP contribution in [0.5, 0.6) is 5.75 Å². The Morgan fingerprint density at radius 2 is 1.86 bits per heavy atom. The molecule has 0 radical (unpaired) electrons. The first kappa shape index (κ1) is 13.9. The molecule has 0 bridgehead atoms. The molecule has 0 amide bonds. The van der Waals surface area contributed by atoms with Crippen molar-refractivity contribution >= 4 is 32.4 Å². The van der Waals surface area contributed by atoms with Gasteiger partial charge in [-0.15, -0.1) is 0 Å². The van der Waals surface area contributed by atoms with E-state index < -0.39 is 0 Å². The number of nitrogens with zero attached hydrogens (tertiary/aromatic N) is 1. The topological polar surface area (TPSA) is 34.1 Å². The van der Waals surface area contributed by atoms with Crippen LogP contribution in [0.15, 0.2) is 42.5 Å². The molecule has 0 aliphatic carbocycles. The molecule has 0 spiro atoms. The van der Waals surface area contributed by atoms with E-state index in [4.69, 9.17) is 4.74 Å². The molecule has 3 nitrogen and oxygen atoms in total. The van der Waals surface area contributed by atoms with Gasteiger partial charge in [-0.1, -0.05) is 23.5 Å². The fourth-order valence-corrected chi connectivity index (χ4v) is 3.12. The molecule has 1 aromatic heterocycles. The lowest BCUT2D eigenvalue weighted by Gasteiger charge is -2.10. The van der Waals surface area contributed by atoms with Crippen LogP contribution in [0.1, 0.15) is 19.4 Å². The van der Waals surface area contributed by atoms with Crippen LogP contribution >= 0.6 is 11.3 Å². The number of benzene rings is 2. The van der Waals surface area contributed by atoms with Crippen LogP contribution in [0.4, 0.5) is 10.8 Å². The largest absolute Gasteiger partial charge is 0.491 e. The first-order valence-corrected chi connectivity index (χ1v) is 7.83. The highest BCUT2D eigenvalue weighted by molar-refractivity contribution is 7.22. The fraction of sp³-hybridized carbons (Fsp3) is 0.235. The second kappa shape index (κ2) is 5.74. The number of rotatable bonds is 4. The zero-order valence-electron chi connectivity index (χ0n) is 12.4. The van der Waals surface area contributed by atoms with Crippen molar-refractivity contribution < 1.29 is 4.74 Å². The van der Waals surface area contributed by atoms with E-state index in [2.05, 4.69) is 35.4 Å². The van der Waals surface area contributed by atoms with Gasteiger partial charge >= 0.3 is 0 Å². The number of aryl methyl sites for hydroxylation is 1. The van der Waals surface area contributed by atoms with Crippen molar-refractivity contribution in [2.45, 2.75) is 26.9 Å². The lowest BCUT2D eigenvalue weighted by atomic mass is 10.2. The van der Waals surface area contributed by atoms with E-state index in [-0.39, 0.29) is 6.10 Å². The summed E-state index contributed by atoms with van der Waals surface area (Å²) in [5.41, 5.74) is 3.30. The monoisotopic (exact) mass is 298 g/mol. The highest BCUT2D eigenvalue weighted by Gasteiger charge is 2.06. The van der Waals surface area contributed by atoms with Crippen LogP contribution in [-0.2, 0) is 0 Å². The van der Waals surface area contributed by atoms with Crippen LogP contribution in [0.25, 0.3) is 10.2 Å². The molecule has 1 N–H and O–H groups in total. The molecule has 0 fully saturated rings. The Bertz CT molecular complexity index is 747. The van der Waals surface area contributed by atoms with Crippen LogP contribution in [-0.4, -0.2) is 11.1 Å². The van der Waals surface area contributed by atoms with E-state index >= 15 is 0 Å². The standard InChI is InChI=1S/C17H18N2OS/c1-11(2)20-14-9-7-13(8-10-14)18-17-19-16-12(3)5-4-6-15(16)21-17/h4-11H,1-3H3,(H,18,19). The molecule has 0 unspecified atom stereocenters. The van der Waals surface area contributed by atoms with Crippen LogP contribution in [0.3, 0.4) is 0 Å². The Morgan fingerprint density at radius 3 is 2.52 bits per heavy atom. The van der Waals surface area contributed by atoms with Crippen molar-refractivity contribution in [3.8, 4) is 5.75 Å². The third-order valence-corrected chi connectivity index (χ3v) is 4.03. The normalized spacial score (nSPS) is 11.0. The van der Waals surface area contributed by atoms with Gasteiger partial charge in [-0.05, 0) is 56.7 Å². The van der Waals surface area contributed by atoms with Gasteiger partial charge in [0.1, 0.15) is 5.75 Å². The van der Waals surface area contributed by atoms with Crippen molar-refractivity contribution in [2.75, 3.05) is 5.32 Å². The Balaban J connectivity index is 1.80. The second-order valence-corrected chi connectivity index (χ2v) is 6.29. The molecule has 3 aromatic rings. The van der Waals surface area contributed by atoms with Gasteiger partial charge in [0.2, 0.25) is 0 Å². The molecule has 108 valence electrons. The van der Waals surface area contributed by atoms with Crippen LogP contribution in [0.2, 0.25) is 0 Å². The Hall–Kier alpha value is -2.07. The van der Waals surface area contributed by atoms with E-state index in [9.17, 15) is 0 Å². The van der Waals surface area contributed by atoms with Gasteiger partial charge in [0.25, 0.3) is 0 Å². The predicted molar refractivity (Wildman–Crippen MR) is 89.8 cm³/mol. The second-order valence-electron chi connectivity index (χ2n) is 5.26. The number of ether oxygens (including phenoxy) is 1. The number of hydrogen-bond donors (Lipinski definition) is 1. The highest BCUT2D eigenvalue weighted by atomic mass is 32.1. The fourth-order valence-electron chi connectivity index (χ4n) is 2.15. The molecule has 21 heavy (non-hydrogen) atoms. The van der Waals surface area contributed by atoms with Crippen LogP contribution < -0.4 is 10.1 Å². The molecule has 0 aliphatic heterocycles. The summed E-state index contributed by atoms with van der Waals surface area (Å²) in [4.78, 5) is 4.65. The Labute approximate surface area is 128 Å². The van der Waals surface area contributed by atoms with E-state index in [1.165, 1.54) is 10.3 Å². The van der Waals surface area contributed by atoms with Gasteiger partial charge in [-0.3, -0.25) is 0 Å². The lowest BCUT2D eigenvalue weighted by molar-refractivity contribution is 0.242. The summed E-state index contributed by atoms with van der Waals surface area (Å²) in [5.74, 6) is 0.885. The molecule has 0 saturated heterocycles. The molecular weight excluding hydrogens is 280 g/mol. The van der Waals surface area contributed by atoms with E-state index in [1.54, 1.807) is 11.3 Å². The third kappa shape index (κ3) is 3.16. The Morgan fingerprint density at radius 1 is 1.10 bits per heavy atom. The highest BCUT2D eigenvalue weighted by Crippen LogP contribution is 2.30. The average molecular weight is 298 g/mol. The number of aromatic nitrogens is 1. The molecule has 0 aliphatic rings. The molecule has 2 aromatic carbocycles. The van der Waals surface area contributed by atoms with Crippen molar-refractivity contribution in [3.05, 3.63) is 48.0 Å². The van der Waals surface area contributed by atoms with Gasteiger partial charge in [0, 0.05) is 5.69 Å². The maximum absolute atomic E-state index is 5.64. The zero-order valence-corrected chi connectivity index (χ0v) is 13.2. The number of anilines is 2. The van der Waals surface area contributed by atoms with Gasteiger partial charge < -0.3 is 10.1 Å². The van der Waals surface area contributed by atoms with E-state index in [0.717, 1.165) is 22.1 Å². The first-order chi connectivity index (χ1) is 10.1. The summed E-state index contributed by atoms with van der Waals surface area (Å²) < 4.78 is 6.85. The van der Waals surface area contributed by atoms with Gasteiger partial charge in [-0.25, -0.2) is 4.98 Å². The summed E-state index contributed by atoms with van der Waals surface area (Å²) in [6.45, 7) is 6.13. The summed E-state index contributed by atoms with van der Waals surface area (Å²) in [7, 11) is 0. The molecule has 0 atom stereocenters. The Kier molecular flexibility index (Phi) is 3.80. The zero-order chi connectivity index (χ0) is 14.8. The molecule has 4 heteroatoms. The number of fused-ring (bicyclic) bond motifs is 1. The lowest BCUT2D eigenvalue weighted by Crippen LogP contribution is -2.05. The number of thiazole rings is 1. The average Bonchev–Trinajstić information content (AvgIpc) is 2.84. The molecule has 1 heterocycles. The summed E-state index contributed by atoms with van der Waals surface area (Å²) >= 11 is 1.67. The maximum Gasteiger partial charge on any atom is 0.188 e. The van der Waals surface area contributed by atoms with Crippen molar-refractivity contribution in [1.82, 2.24) is 4.98 Å². The number of hydrogen-bond acceptors (Lipinski definition) is 4. The van der Waals surface area contributed by atoms with E-state index in [1.807, 2.05) is 38.1 Å². The number of nitrogens with one attached hydrogen (secondary N) is 1. The minimum atomic E-state index is 0.191. The minimum Gasteiger partial charge on any atom is -0.491 e. The predicted octanol–water partition coefficient (Wildman–Crippen LogP) is 5.14. The minimum absolute atomic E-state index is 0.191. The smallest absolute Gasteiger partial charge is 0.188 e. The van der Waals surface area contributed by atoms with Gasteiger partial charge in [-0.2, -0.15) is 0 Å². The number of para-hydroxylation sites is 1. The van der Waals surface area contributed by atoms with Gasteiger partial charge in [0.05, 0.1) is 16.3 Å². The van der Waals surface area contributed by atoms with E-state index in [0.29, 0.717) is 0 Å². The summed E-state index contributed by atoms with van der Waals surface area (Å²) in [6, 6.07) is 14.2.